The van der Waals surface area contributed by atoms with E-state index in [-0.39, 0.29) is 12.0 Å². The Balaban J connectivity index is 1.61. The lowest BCUT2D eigenvalue weighted by atomic mass is 9.95. The van der Waals surface area contributed by atoms with Gasteiger partial charge in [0.15, 0.2) is 6.10 Å². The Morgan fingerprint density at radius 3 is 2.67 bits per heavy atom. The van der Waals surface area contributed by atoms with Crippen molar-refractivity contribution in [1.82, 2.24) is 5.32 Å². The number of aliphatic hydroxyl groups excluding tert-OH is 1. The zero-order chi connectivity index (χ0) is 16.9. The molecule has 2 aromatic carbocycles. The summed E-state index contributed by atoms with van der Waals surface area (Å²) < 4.78 is 5.81. The van der Waals surface area contributed by atoms with Crippen LogP contribution in [0, 0.1) is 5.92 Å². The Hall–Kier alpha value is -1.88. The molecule has 0 bridgehead atoms. The second kappa shape index (κ2) is 7.79. The Labute approximate surface area is 146 Å². The summed E-state index contributed by atoms with van der Waals surface area (Å²) in [5.41, 5.74) is 1.53. The van der Waals surface area contributed by atoms with Gasteiger partial charge in [-0.3, -0.25) is 4.79 Å². The third kappa shape index (κ3) is 3.78. The van der Waals surface area contributed by atoms with Gasteiger partial charge in [0.05, 0.1) is 6.10 Å². The number of aliphatic hydroxyl groups is 1. The fourth-order valence-electron chi connectivity index (χ4n) is 3.02. The van der Waals surface area contributed by atoms with Crippen LogP contribution in [0.1, 0.15) is 29.8 Å². The van der Waals surface area contributed by atoms with E-state index in [1.807, 2.05) is 30.3 Å². The molecule has 0 spiro atoms. The molecule has 0 saturated carbocycles. The molecule has 1 aliphatic heterocycles. The zero-order valence-electron chi connectivity index (χ0n) is 13.2. The average molecular weight is 346 g/mol. The highest BCUT2D eigenvalue weighted by Gasteiger charge is 2.30. The summed E-state index contributed by atoms with van der Waals surface area (Å²) in [7, 11) is 0. The summed E-state index contributed by atoms with van der Waals surface area (Å²) in [5, 5.41) is 13.4. The van der Waals surface area contributed by atoms with Gasteiger partial charge in [0.25, 0.3) is 5.91 Å². The third-order valence-electron chi connectivity index (χ3n) is 4.33. The molecule has 1 heterocycles. The highest BCUT2D eigenvalue weighted by atomic mass is 35.5. The second-order valence-electron chi connectivity index (χ2n) is 5.92. The number of hydrogen-bond donors (Lipinski definition) is 2. The third-order valence-corrected chi connectivity index (χ3v) is 4.67. The molecule has 0 radical (unpaired) electrons. The quantitative estimate of drug-likeness (QED) is 0.874. The largest absolute Gasteiger partial charge is 0.378 e. The molecule has 3 atom stereocenters. The first kappa shape index (κ1) is 17.0. The van der Waals surface area contributed by atoms with Crippen molar-refractivity contribution in [2.45, 2.75) is 18.6 Å². The number of carbonyl (C=O) groups excluding carboxylic acids is 1. The number of halogens is 1. The predicted molar refractivity (Wildman–Crippen MR) is 92.7 cm³/mol. The van der Waals surface area contributed by atoms with Crippen LogP contribution in [0.2, 0.25) is 5.02 Å². The molecule has 126 valence electrons. The maximum atomic E-state index is 12.2. The zero-order valence-corrected chi connectivity index (χ0v) is 13.9. The van der Waals surface area contributed by atoms with Crippen molar-refractivity contribution in [2.75, 3.05) is 13.2 Å². The first-order valence-corrected chi connectivity index (χ1v) is 8.41. The summed E-state index contributed by atoms with van der Waals surface area (Å²) >= 11 is 6.03. The predicted octanol–water partition coefficient (Wildman–Crippen LogP) is 3.27. The molecule has 5 heteroatoms. The maximum Gasteiger partial charge on any atom is 0.253 e. The van der Waals surface area contributed by atoms with E-state index in [9.17, 15) is 9.90 Å². The van der Waals surface area contributed by atoms with E-state index in [1.165, 1.54) is 0 Å². The molecule has 2 N–H and O–H groups in total. The summed E-state index contributed by atoms with van der Waals surface area (Å²) in [5.74, 6) is -0.253. The average Bonchev–Trinajstić information content (AvgIpc) is 3.09. The minimum Gasteiger partial charge on any atom is -0.378 e. The van der Waals surface area contributed by atoms with Crippen LogP contribution < -0.4 is 5.32 Å². The fourth-order valence-corrected chi connectivity index (χ4v) is 3.26. The Kier molecular flexibility index (Phi) is 5.51. The van der Waals surface area contributed by atoms with E-state index in [4.69, 9.17) is 16.3 Å². The van der Waals surface area contributed by atoms with E-state index in [2.05, 4.69) is 5.32 Å². The molecule has 1 saturated heterocycles. The van der Waals surface area contributed by atoms with Gasteiger partial charge in [-0.2, -0.15) is 0 Å². The Bertz CT molecular complexity index is 692. The first-order chi connectivity index (χ1) is 11.7. The molecular weight excluding hydrogens is 326 g/mol. The van der Waals surface area contributed by atoms with Crippen molar-refractivity contribution >= 4 is 17.5 Å². The van der Waals surface area contributed by atoms with Crippen LogP contribution in [0.3, 0.4) is 0 Å². The SMILES string of the molecule is O=C(NC[C@@H]1CCO[C@@H]1c1ccccc1)[C@H](O)c1ccccc1Cl. The molecule has 24 heavy (non-hydrogen) atoms. The van der Waals surface area contributed by atoms with Gasteiger partial charge >= 0.3 is 0 Å². The summed E-state index contributed by atoms with van der Waals surface area (Å²) in [6.07, 6.45) is -0.415. The van der Waals surface area contributed by atoms with E-state index in [0.717, 1.165) is 12.0 Å². The van der Waals surface area contributed by atoms with E-state index in [0.29, 0.717) is 23.7 Å². The topological polar surface area (TPSA) is 58.6 Å². The van der Waals surface area contributed by atoms with Crippen molar-refractivity contribution in [3.05, 3.63) is 70.7 Å². The van der Waals surface area contributed by atoms with Gasteiger partial charge in [0, 0.05) is 29.7 Å². The Morgan fingerprint density at radius 2 is 1.92 bits per heavy atom. The van der Waals surface area contributed by atoms with Crippen LogP contribution in [0.4, 0.5) is 0 Å². The highest BCUT2D eigenvalue weighted by Crippen LogP contribution is 2.34. The molecule has 1 amide bonds. The molecular formula is C19H20ClNO3. The van der Waals surface area contributed by atoms with Gasteiger partial charge in [0.2, 0.25) is 0 Å². The molecule has 3 rings (SSSR count). The van der Waals surface area contributed by atoms with Gasteiger partial charge in [-0.25, -0.2) is 0 Å². The van der Waals surface area contributed by atoms with Crippen LogP contribution >= 0.6 is 11.6 Å². The van der Waals surface area contributed by atoms with Gasteiger partial charge in [-0.15, -0.1) is 0 Å². The van der Waals surface area contributed by atoms with Gasteiger partial charge < -0.3 is 15.2 Å². The highest BCUT2D eigenvalue weighted by molar-refractivity contribution is 6.31. The maximum absolute atomic E-state index is 12.2. The molecule has 0 aliphatic carbocycles. The van der Waals surface area contributed by atoms with Crippen molar-refractivity contribution in [2.24, 2.45) is 5.92 Å². The van der Waals surface area contributed by atoms with E-state index >= 15 is 0 Å². The van der Waals surface area contributed by atoms with Gasteiger partial charge in [-0.05, 0) is 18.1 Å². The number of amides is 1. The molecule has 2 aromatic rings. The standard InChI is InChI=1S/C19H20ClNO3/c20-16-9-5-4-8-15(16)17(22)19(23)21-12-14-10-11-24-18(14)13-6-2-1-3-7-13/h1-9,14,17-18,22H,10-12H2,(H,21,23)/t14-,17+,18+/m0/s1. The van der Waals surface area contributed by atoms with Crippen LogP contribution in [0.15, 0.2) is 54.6 Å². The monoisotopic (exact) mass is 345 g/mol. The fraction of sp³-hybridized carbons (Fsp3) is 0.316. The van der Waals surface area contributed by atoms with Crippen LogP contribution in [0.25, 0.3) is 0 Å². The number of ether oxygens (including phenoxy) is 1. The Morgan fingerprint density at radius 1 is 1.21 bits per heavy atom. The number of rotatable bonds is 5. The summed E-state index contributed by atoms with van der Waals surface area (Å²) in [4.78, 5) is 12.2. The van der Waals surface area contributed by atoms with Gasteiger partial charge in [-0.1, -0.05) is 60.1 Å². The minimum atomic E-state index is -1.27. The van der Waals surface area contributed by atoms with E-state index in [1.54, 1.807) is 24.3 Å². The first-order valence-electron chi connectivity index (χ1n) is 8.03. The van der Waals surface area contributed by atoms with Crippen molar-refractivity contribution < 1.29 is 14.6 Å². The molecule has 1 fully saturated rings. The summed E-state index contributed by atoms with van der Waals surface area (Å²) in [6, 6.07) is 16.8. The minimum absolute atomic E-state index is 0.0241. The lowest BCUT2D eigenvalue weighted by Gasteiger charge is -2.20. The van der Waals surface area contributed by atoms with Crippen LogP contribution in [-0.4, -0.2) is 24.2 Å². The van der Waals surface area contributed by atoms with Crippen molar-refractivity contribution in [3.8, 4) is 0 Å². The van der Waals surface area contributed by atoms with Crippen molar-refractivity contribution in [3.63, 3.8) is 0 Å². The van der Waals surface area contributed by atoms with Crippen LogP contribution in [-0.2, 0) is 9.53 Å². The normalized spacial score (nSPS) is 21.4. The lowest BCUT2D eigenvalue weighted by Crippen LogP contribution is -2.34. The number of carbonyl (C=O) groups is 1. The summed E-state index contributed by atoms with van der Waals surface area (Å²) in [6.45, 7) is 1.13. The number of benzene rings is 2. The van der Waals surface area contributed by atoms with Crippen molar-refractivity contribution in [1.29, 1.82) is 0 Å². The second-order valence-corrected chi connectivity index (χ2v) is 6.33. The van der Waals surface area contributed by atoms with Gasteiger partial charge in [0.1, 0.15) is 0 Å². The molecule has 1 aliphatic rings. The lowest BCUT2D eigenvalue weighted by molar-refractivity contribution is -0.129. The van der Waals surface area contributed by atoms with E-state index < -0.39 is 12.0 Å². The smallest absolute Gasteiger partial charge is 0.253 e. The van der Waals surface area contributed by atoms with Crippen LogP contribution in [0.5, 0.6) is 0 Å². The number of nitrogens with one attached hydrogen (secondary N) is 1. The molecule has 0 unspecified atom stereocenters. The molecule has 0 aromatic heterocycles. The number of hydrogen-bond acceptors (Lipinski definition) is 3. The molecule has 4 nitrogen and oxygen atoms in total.